The van der Waals surface area contributed by atoms with Crippen LogP contribution in [0.4, 0.5) is 13.2 Å². The van der Waals surface area contributed by atoms with Crippen LogP contribution in [0.5, 0.6) is 0 Å². The van der Waals surface area contributed by atoms with E-state index in [1.807, 2.05) is 0 Å². The first-order chi connectivity index (χ1) is 7.52. The predicted molar refractivity (Wildman–Crippen MR) is 53.9 cm³/mol. The number of imidazole rings is 1. The molecule has 0 amide bonds. The Morgan fingerprint density at radius 2 is 2.12 bits per heavy atom. The third-order valence-electron chi connectivity index (χ3n) is 2.23. The van der Waals surface area contributed by atoms with Crippen LogP contribution in [0.1, 0.15) is 11.4 Å². The van der Waals surface area contributed by atoms with E-state index in [4.69, 9.17) is 0 Å². The Morgan fingerprint density at radius 1 is 1.38 bits per heavy atom. The molecule has 0 atom stereocenters. The van der Waals surface area contributed by atoms with Crippen molar-refractivity contribution in [3.63, 3.8) is 0 Å². The molecule has 1 aromatic heterocycles. The van der Waals surface area contributed by atoms with E-state index in [1.165, 1.54) is 0 Å². The average molecular weight is 229 g/mol. The number of hydrogen-bond acceptors (Lipinski definition) is 2. The third kappa shape index (κ3) is 1.88. The Kier molecular flexibility index (Phi) is 2.59. The van der Waals surface area contributed by atoms with Crippen molar-refractivity contribution in [2.24, 2.45) is 0 Å². The Labute approximate surface area is 89.7 Å². The highest BCUT2D eigenvalue weighted by Gasteiger charge is 2.34. The topological polar surface area (TPSA) is 40.7 Å². The number of para-hydroxylation sites is 1. The van der Waals surface area contributed by atoms with Crippen LogP contribution in [0.3, 0.4) is 0 Å². The van der Waals surface area contributed by atoms with Crippen LogP contribution < -0.4 is 5.32 Å². The van der Waals surface area contributed by atoms with Crippen LogP contribution in [0.25, 0.3) is 11.0 Å². The Bertz CT molecular complexity index is 501. The summed E-state index contributed by atoms with van der Waals surface area (Å²) in [7, 11) is 1.73. The summed E-state index contributed by atoms with van der Waals surface area (Å²) >= 11 is 0. The van der Waals surface area contributed by atoms with Crippen LogP contribution in [-0.4, -0.2) is 17.0 Å². The van der Waals surface area contributed by atoms with Gasteiger partial charge in [0.1, 0.15) is 0 Å². The zero-order valence-electron chi connectivity index (χ0n) is 8.52. The lowest BCUT2D eigenvalue weighted by atomic mass is 10.2. The summed E-state index contributed by atoms with van der Waals surface area (Å²) in [5.41, 5.74) is 1.51. The predicted octanol–water partition coefficient (Wildman–Crippen LogP) is 2.30. The lowest BCUT2D eigenvalue weighted by molar-refractivity contribution is -0.144. The molecular weight excluding hydrogens is 219 g/mol. The van der Waals surface area contributed by atoms with Crippen molar-refractivity contribution in [3.05, 3.63) is 29.6 Å². The number of nitrogens with zero attached hydrogens (tertiary/aromatic N) is 1. The maximum atomic E-state index is 12.4. The molecule has 0 saturated heterocycles. The number of rotatable bonds is 2. The molecule has 6 heteroatoms. The number of aromatic amines is 1. The van der Waals surface area contributed by atoms with Crippen molar-refractivity contribution in [1.82, 2.24) is 15.3 Å². The number of fused-ring (bicyclic) bond motifs is 1. The molecule has 0 saturated carbocycles. The van der Waals surface area contributed by atoms with Gasteiger partial charge in [-0.05, 0) is 18.7 Å². The molecule has 1 heterocycles. The fourth-order valence-corrected chi connectivity index (χ4v) is 1.56. The molecule has 16 heavy (non-hydrogen) atoms. The van der Waals surface area contributed by atoms with E-state index in [1.54, 1.807) is 25.2 Å². The Morgan fingerprint density at radius 3 is 2.75 bits per heavy atom. The second kappa shape index (κ2) is 3.79. The van der Waals surface area contributed by atoms with Crippen molar-refractivity contribution >= 4 is 11.0 Å². The number of hydrogen-bond donors (Lipinski definition) is 2. The van der Waals surface area contributed by atoms with Gasteiger partial charge in [0.25, 0.3) is 0 Å². The molecule has 0 radical (unpaired) electrons. The van der Waals surface area contributed by atoms with E-state index >= 15 is 0 Å². The first-order valence-corrected chi connectivity index (χ1v) is 4.72. The highest BCUT2D eigenvalue weighted by atomic mass is 19.4. The van der Waals surface area contributed by atoms with Gasteiger partial charge in [-0.1, -0.05) is 12.1 Å². The Balaban J connectivity index is 2.57. The third-order valence-corrected chi connectivity index (χ3v) is 2.23. The van der Waals surface area contributed by atoms with E-state index in [2.05, 4.69) is 15.3 Å². The summed E-state index contributed by atoms with van der Waals surface area (Å²) in [6, 6.07) is 5.03. The maximum Gasteiger partial charge on any atom is 0.449 e. The fraction of sp³-hybridized carbons (Fsp3) is 0.300. The molecule has 0 aliphatic heterocycles. The SMILES string of the molecule is CNCc1cccc2[nH]c(C(F)(F)F)nc12. The smallest absolute Gasteiger partial charge is 0.334 e. The van der Waals surface area contributed by atoms with Gasteiger partial charge in [0.2, 0.25) is 5.82 Å². The van der Waals surface area contributed by atoms with E-state index in [9.17, 15) is 13.2 Å². The largest absolute Gasteiger partial charge is 0.449 e. The molecular formula is C10H10F3N3. The number of alkyl halides is 3. The molecule has 2 N–H and O–H groups in total. The van der Waals surface area contributed by atoms with Crippen LogP contribution in [-0.2, 0) is 12.7 Å². The summed E-state index contributed by atoms with van der Waals surface area (Å²) < 4.78 is 37.3. The van der Waals surface area contributed by atoms with Crippen molar-refractivity contribution in [2.45, 2.75) is 12.7 Å². The number of H-pyrrole nitrogens is 1. The summed E-state index contributed by atoms with van der Waals surface area (Å²) in [4.78, 5) is 5.85. The fourth-order valence-electron chi connectivity index (χ4n) is 1.56. The summed E-state index contributed by atoms with van der Waals surface area (Å²) in [6.07, 6.45) is -4.43. The van der Waals surface area contributed by atoms with Crippen molar-refractivity contribution < 1.29 is 13.2 Å². The van der Waals surface area contributed by atoms with Gasteiger partial charge in [0, 0.05) is 6.54 Å². The number of aromatic nitrogens is 2. The van der Waals surface area contributed by atoms with Gasteiger partial charge in [-0.25, -0.2) is 4.98 Å². The second-order valence-electron chi connectivity index (χ2n) is 3.43. The molecule has 1 aromatic carbocycles. The molecule has 0 aliphatic carbocycles. The lowest BCUT2D eigenvalue weighted by Gasteiger charge is -2.00. The van der Waals surface area contributed by atoms with Gasteiger partial charge in [-0.3, -0.25) is 0 Å². The molecule has 0 fully saturated rings. The van der Waals surface area contributed by atoms with Gasteiger partial charge < -0.3 is 10.3 Å². The van der Waals surface area contributed by atoms with E-state index in [-0.39, 0.29) is 0 Å². The average Bonchev–Trinajstić information content (AvgIpc) is 2.62. The molecule has 2 aromatic rings. The normalized spacial score (nSPS) is 12.2. The zero-order valence-corrected chi connectivity index (χ0v) is 8.52. The van der Waals surface area contributed by atoms with Crippen molar-refractivity contribution in [1.29, 1.82) is 0 Å². The number of nitrogens with one attached hydrogen (secondary N) is 2. The number of benzene rings is 1. The molecule has 0 aliphatic rings. The highest BCUT2D eigenvalue weighted by Crippen LogP contribution is 2.29. The van der Waals surface area contributed by atoms with Gasteiger partial charge >= 0.3 is 6.18 Å². The van der Waals surface area contributed by atoms with Crippen molar-refractivity contribution in [2.75, 3.05) is 7.05 Å². The maximum absolute atomic E-state index is 12.4. The minimum atomic E-state index is -4.43. The molecule has 3 nitrogen and oxygen atoms in total. The van der Waals surface area contributed by atoms with Gasteiger partial charge in [0.05, 0.1) is 11.0 Å². The molecule has 2 rings (SSSR count). The minimum absolute atomic E-state index is 0.365. The lowest BCUT2D eigenvalue weighted by Crippen LogP contribution is -2.07. The summed E-state index contributed by atoms with van der Waals surface area (Å²) in [5, 5.41) is 2.89. The second-order valence-corrected chi connectivity index (χ2v) is 3.43. The van der Waals surface area contributed by atoms with Crippen LogP contribution in [0, 0.1) is 0 Å². The van der Waals surface area contributed by atoms with Crippen molar-refractivity contribution in [3.8, 4) is 0 Å². The van der Waals surface area contributed by atoms with Crippen LogP contribution in [0.15, 0.2) is 18.2 Å². The first kappa shape index (κ1) is 10.9. The molecule has 0 spiro atoms. The van der Waals surface area contributed by atoms with Gasteiger partial charge in [-0.15, -0.1) is 0 Å². The van der Waals surface area contributed by atoms with E-state index in [0.29, 0.717) is 17.6 Å². The van der Waals surface area contributed by atoms with Crippen LogP contribution >= 0.6 is 0 Å². The van der Waals surface area contributed by atoms with Gasteiger partial charge in [0.15, 0.2) is 0 Å². The Hall–Kier alpha value is -1.56. The quantitative estimate of drug-likeness (QED) is 0.829. The number of halogens is 3. The summed E-state index contributed by atoms with van der Waals surface area (Å²) in [6.45, 7) is 0.486. The highest BCUT2D eigenvalue weighted by molar-refractivity contribution is 5.78. The summed E-state index contributed by atoms with van der Waals surface area (Å²) in [5.74, 6) is -0.953. The van der Waals surface area contributed by atoms with Gasteiger partial charge in [-0.2, -0.15) is 13.2 Å². The van der Waals surface area contributed by atoms with E-state index < -0.39 is 12.0 Å². The van der Waals surface area contributed by atoms with E-state index in [0.717, 1.165) is 5.56 Å². The molecule has 0 unspecified atom stereocenters. The standard InChI is InChI=1S/C10H10F3N3/c1-14-5-6-3-2-4-7-8(6)16-9(15-7)10(11,12)13/h2-4,14H,5H2,1H3,(H,15,16). The zero-order chi connectivity index (χ0) is 11.8. The molecule has 0 bridgehead atoms. The molecule has 86 valence electrons. The van der Waals surface area contributed by atoms with Crippen LogP contribution in [0.2, 0.25) is 0 Å². The first-order valence-electron chi connectivity index (χ1n) is 4.72. The monoisotopic (exact) mass is 229 g/mol. The minimum Gasteiger partial charge on any atom is -0.334 e.